The molecule has 2 aromatic rings. The van der Waals surface area contributed by atoms with Gasteiger partial charge in [0, 0.05) is 12.5 Å². The second kappa shape index (κ2) is 7.30. The summed E-state index contributed by atoms with van der Waals surface area (Å²) in [6, 6.07) is 16.3. The maximum Gasteiger partial charge on any atom is 0.410 e. The lowest BCUT2D eigenvalue weighted by atomic mass is 9.84. The number of nitrogens with zero attached hydrogens (tertiary/aromatic N) is 1. The summed E-state index contributed by atoms with van der Waals surface area (Å²) in [4.78, 5) is 26.3. The first-order valence-electron chi connectivity index (χ1n) is 9.94. The Balaban J connectivity index is 1.56. The number of amides is 1. The molecule has 1 heterocycles. The molecule has 0 saturated carbocycles. The lowest BCUT2D eigenvalue weighted by Gasteiger charge is -2.42. The van der Waals surface area contributed by atoms with Crippen molar-refractivity contribution in [2.24, 2.45) is 0 Å². The van der Waals surface area contributed by atoms with Gasteiger partial charge in [-0.05, 0) is 47.9 Å². The number of rotatable bonds is 4. The number of hydrogen-bond acceptors (Lipinski definition) is 3. The van der Waals surface area contributed by atoms with Crippen LogP contribution in [0, 0.1) is 0 Å². The maximum atomic E-state index is 12.9. The number of hydrogen-bond donors (Lipinski definition) is 1. The molecule has 2 aromatic carbocycles. The number of benzene rings is 2. The van der Waals surface area contributed by atoms with Crippen LogP contribution in [0.15, 0.2) is 48.5 Å². The molecule has 1 aliphatic heterocycles. The highest BCUT2D eigenvalue weighted by atomic mass is 16.6. The van der Waals surface area contributed by atoms with Crippen LogP contribution in [0.1, 0.15) is 49.7 Å². The summed E-state index contributed by atoms with van der Waals surface area (Å²) < 4.78 is 5.71. The fourth-order valence-electron chi connectivity index (χ4n) is 4.72. The van der Waals surface area contributed by atoms with Crippen LogP contribution in [0.25, 0.3) is 11.1 Å². The van der Waals surface area contributed by atoms with E-state index in [1.54, 1.807) is 0 Å². The van der Waals surface area contributed by atoms with Gasteiger partial charge in [0.15, 0.2) is 0 Å². The minimum absolute atomic E-state index is 0.0259. The number of aliphatic carboxylic acids is 1. The molecule has 2 aliphatic rings. The van der Waals surface area contributed by atoms with Crippen molar-refractivity contribution in [3.8, 4) is 11.1 Å². The molecule has 28 heavy (non-hydrogen) atoms. The SMILES string of the molecule is CC[C@]1(C(=O)O)CCCCN1C(=O)OCC1c2ccccc2-c2ccccc21. The quantitative estimate of drug-likeness (QED) is 0.839. The first-order chi connectivity index (χ1) is 13.6. The largest absolute Gasteiger partial charge is 0.479 e. The zero-order valence-electron chi connectivity index (χ0n) is 16.1. The Kier molecular flexibility index (Phi) is 4.84. The van der Waals surface area contributed by atoms with E-state index in [9.17, 15) is 14.7 Å². The van der Waals surface area contributed by atoms with Gasteiger partial charge in [0.1, 0.15) is 12.1 Å². The Bertz CT molecular complexity index is 863. The number of fused-ring (bicyclic) bond motifs is 3. The van der Waals surface area contributed by atoms with Crippen LogP contribution in [-0.4, -0.2) is 40.8 Å². The smallest absolute Gasteiger partial charge is 0.410 e. The van der Waals surface area contributed by atoms with Gasteiger partial charge in [-0.2, -0.15) is 0 Å². The monoisotopic (exact) mass is 379 g/mol. The Hall–Kier alpha value is -2.82. The summed E-state index contributed by atoms with van der Waals surface area (Å²) in [5.41, 5.74) is 3.49. The average molecular weight is 379 g/mol. The molecule has 4 rings (SSSR count). The number of piperidine rings is 1. The maximum absolute atomic E-state index is 12.9. The van der Waals surface area contributed by atoms with E-state index in [4.69, 9.17) is 4.74 Å². The van der Waals surface area contributed by atoms with Crippen molar-refractivity contribution in [1.82, 2.24) is 4.90 Å². The van der Waals surface area contributed by atoms with Crippen LogP contribution in [0.3, 0.4) is 0 Å². The highest BCUT2D eigenvalue weighted by Gasteiger charge is 2.47. The van der Waals surface area contributed by atoms with Crippen molar-refractivity contribution >= 4 is 12.1 Å². The first kappa shape index (κ1) is 18.5. The molecule has 1 saturated heterocycles. The van der Waals surface area contributed by atoms with E-state index in [1.165, 1.54) is 16.0 Å². The molecule has 5 heteroatoms. The molecular weight excluding hydrogens is 354 g/mol. The molecule has 1 amide bonds. The number of carbonyl (C=O) groups is 2. The number of carboxylic acids is 1. The molecule has 1 atom stereocenters. The summed E-state index contributed by atoms with van der Waals surface area (Å²) in [5.74, 6) is -0.967. The van der Waals surface area contributed by atoms with E-state index in [0.29, 0.717) is 19.4 Å². The van der Waals surface area contributed by atoms with Crippen LogP contribution in [0.4, 0.5) is 4.79 Å². The number of ether oxygens (including phenoxy) is 1. The van der Waals surface area contributed by atoms with Crippen molar-refractivity contribution in [2.75, 3.05) is 13.2 Å². The highest BCUT2D eigenvalue weighted by Crippen LogP contribution is 2.44. The van der Waals surface area contributed by atoms with Crippen molar-refractivity contribution < 1.29 is 19.4 Å². The van der Waals surface area contributed by atoms with Gasteiger partial charge in [0.05, 0.1) is 0 Å². The van der Waals surface area contributed by atoms with Crippen molar-refractivity contribution in [2.45, 2.75) is 44.1 Å². The van der Waals surface area contributed by atoms with Gasteiger partial charge in [-0.3, -0.25) is 4.90 Å². The van der Waals surface area contributed by atoms with Gasteiger partial charge in [-0.25, -0.2) is 9.59 Å². The van der Waals surface area contributed by atoms with Gasteiger partial charge >= 0.3 is 12.1 Å². The standard InChI is InChI=1S/C23H25NO4/c1-2-23(21(25)26)13-7-8-14-24(23)22(27)28-15-20-18-11-5-3-9-16(18)17-10-4-6-12-19(17)20/h3-6,9-12,20H,2,7-8,13-15H2,1H3,(H,25,26)/t23-/m1/s1. The predicted molar refractivity (Wildman–Crippen MR) is 106 cm³/mol. The van der Waals surface area contributed by atoms with Crippen molar-refractivity contribution in [3.63, 3.8) is 0 Å². The molecule has 1 N–H and O–H groups in total. The van der Waals surface area contributed by atoms with Gasteiger partial charge in [0.2, 0.25) is 0 Å². The molecule has 0 bridgehead atoms. The van der Waals surface area contributed by atoms with Gasteiger partial charge in [-0.15, -0.1) is 0 Å². The molecule has 0 spiro atoms. The van der Waals surface area contributed by atoms with Crippen LogP contribution in [0.2, 0.25) is 0 Å². The zero-order valence-corrected chi connectivity index (χ0v) is 16.1. The van der Waals surface area contributed by atoms with E-state index in [2.05, 4.69) is 24.3 Å². The highest BCUT2D eigenvalue weighted by molar-refractivity contribution is 5.85. The normalized spacial score (nSPS) is 21.1. The molecule has 1 fully saturated rings. The van der Waals surface area contributed by atoms with Crippen molar-refractivity contribution in [3.05, 3.63) is 59.7 Å². The van der Waals surface area contributed by atoms with Crippen LogP contribution >= 0.6 is 0 Å². The summed E-state index contributed by atoms with van der Waals surface area (Å²) in [7, 11) is 0. The first-order valence-corrected chi connectivity index (χ1v) is 9.94. The van der Waals surface area contributed by atoms with Crippen LogP contribution in [-0.2, 0) is 9.53 Å². The van der Waals surface area contributed by atoms with E-state index in [-0.39, 0.29) is 12.5 Å². The predicted octanol–water partition coefficient (Wildman–Crippen LogP) is 4.65. The third-order valence-electron chi connectivity index (χ3n) is 6.28. The summed E-state index contributed by atoms with van der Waals surface area (Å²) in [5, 5.41) is 9.80. The molecule has 146 valence electrons. The summed E-state index contributed by atoms with van der Waals surface area (Å²) in [6.45, 7) is 2.46. The Morgan fingerprint density at radius 1 is 1.07 bits per heavy atom. The lowest BCUT2D eigenvalue weighted by Crippen LogP contribution is -2.59. The topological polar surface area (TPSA) is 66.8 Å². The zero-order chi connectivity index (χ0) is 19.7. The van der Waals surface area contributed by atoms with Crippen molar-refractivity contribution in [1.29, 1.82) is 0 Å². The number of carbonyl (C=O) groups excluding carboxylic acids is 1. The molecule has 5 nitrogen and oxygen atoms in total. The third-order valence-corrected chi connectivity index (χ3v) is 6.28. The third kappa shape index (κ3) is 2.86. The van der Waals surface area contributed by atoms with Gasteiger partial charge in [0.25, 0.3) is 0 Å². The Morgan fingerprint density at radius 2 is 1.68 bits per heavy atom. The van der Waals surface area contributed by atoms with E-state index < -0.39 is 17.6 Å². The van der Waals surface area contributed by atoms with Crippen LogP contribution in [0.5, 0.6) is 0 Å². The minimum Gasteiger partial charge on any atom is -0.479 e. The van der Waals surface area contributed by atoms with E-state index in [0.717, 1.165) is 24.0 Å². The molecular formula is C23H25NO4. The second-order valence-electron chi connectivity index (χ2n) is 7.60. The van der Waals surface area contributed by atoms with Gasteiger partial charge in [-0.1, -0.05) is 55.5 Å². The fraction of sp³-hybridized carbons (Fsp3) is 0.391. The lowest BCUT2D eigenvalue weighted by molar-refractivity contribution is -0.153. The Morgan fingerprint density at radius 3 is 2.25 bits per heavy atom. The number of carboxylic acid groups (broad SMARTS) is 1. The summed E-state index contributed by atoms with van der Waals surface area (Å²) in [6.07, 6.45) is 1.95. The van der Waals surface area contributed by atoms with E-state index >= 15 is 0 Å². The minimum atomic E-state index is -1.15. The Labute approximate surface area is 164 Å². The molecule has 0 unspecified atom stereocenters. The molecule has 0 radical (unpaired) electrons. The second-order valence-corrected chi connectivity index (χ2v) is 7.60. The fourth-order valence-corrected chi connectivity index (χ4v) is 4.72. The molecule has 1 aliphatic carbocycles. The van der Waals surface area contributed by atoms with Gasteiger partial charge < -0.3 is 9.84 Å². The summed E-state index contributed by atoms with van der Waals surface area (Å²) >= 11 is 0. The van der Waals surface area contributed by atoms with Crippen LogP contribution < -0.4 is 0 Å². The molecule has 0 aromatic heterocycles. The average Bonchev–Trinajstić information content (AvgIpc) is 3.05. The number of likely N-dealkylation sites (tertiary alicyclic amines) is 1. The van der Waals surface area contributed by atoms with E-state index in [1.807, 2.05) is 31.2 Å².